The van der Waals surface area contributed by atoms with Crippen molar-refractivity contribution in [2.45, 2.75) is 12.8 Å². The molecule has 2 aromatic rings. The van der Waals surface area contributed by atoms with Crippen LogP contribution in [0.4, 0.5) is 0 Å². The normalized spacial score (nSPS) is 9.76. The van der Waals surface area contributed by atoms with Gasteiger partial charge in [0.05, 0.1) is 6.61 Å². The van der Waals surface area contributed by atoms with Crippen molar-refractivity contribution < 1.29 is 9.90 Å². The molecule has 5 heteroatoms. The minimum atomic E-state index is -0.179. The molecule has 0 fully saturated rings. The molecule has 2 heterocycles. The van der Waals surface area contributed by atoms with Crippen LogP contribution >= 0.6 is 11.3 Å². The fourth-order valence-electron chi connectivity index (χ4n) is 1.67. The Kier molecular flexibility index (Phi) is 5.95. The van der Waals surface area contributed by atoms with Gasteiger partial charge in [0.25, 0.3) is 5.91 Å². The molecule has 0 aliphatic heterocycles. The summed E-state index contributed by atoms with van der Waals surface area (Å²) in [7, 11) is 0. The highest BCUT2D eigenvalue weighted by molar-refractivity contribution is 7.09. The van der Waals surface area contributed by atoms with Crippen LogP contribution < -0.4 is 5.32 Å². The lowest BCUT2D eigenvalue weighted by molar-refractivity contribution is 0.0949. The molecule has 2 rings (SSSR count). The number of amides is 1. The van der Waals surface area contributed by atoms with Gasteiger partial charge in [-0.2, -0.15) is 0 Å². The van der Waals surface area contributed by atoms with Gasteiger partial charge in [0.15, 0.2) is 0 Å². The molecule has 2 N–H and O–H groups in total. The Morgan fingerprint density at radius 3 is 2.95 bits per heavy atom. The second kappa shape index (κ2) is 8.20. The van der Waals surface area contributed by atoms with Crippen molar-refractivity contribution in [3.63, 3.8) is 0 Å². The first-order chi connectivity index (χ1) is 10.3. The number of aliphatic hydroxyl groups is 1. The number of thiophene rings is 1. The Labute approximate surface area is 127 Å². The van der Waals surface area contributed by atoms with E-state index in [9.17, 15) is 4.79 Å². The molecule has 0 aromatic carbocycles. The van der Waals surface area contributed by atoms with E-state index in [1.54, 1.807) is 29.7 Å². The van der Waals surface area contributed by atoms with Crippen LogP contribution in [0.3, 0.4) is 0 Å². The van der Waals surface area contributed by atoms with Crippen LogP contribution in [-0.4, -0.2) is 29.1 Å². The van der Waals surface area contributed by atoms with E-state index in [1.165, 1.54) is 4.88 Å². The predicted octanol–water partition coefficient (Wildman–Crippen LogP) is 1.85. The third-order valence-corrected chi connectivity index (χ3v) is 3.64. The first-order valence-corrected chi connectivity index (χ1v) is 7.54. The number of rotatable bonds is 5. The second-order valence-electron chi connectivity index (χ2n) is 4.29. The highest BCUT2D eigenvalue weighted by Crippen LogP contribution is 2.08. The molecule has 4 nitrogen and oxygen atoms in total. The van der Waals surface area contributed by atoms with Crippen molar-refractivity contribution in [2.75, 3.05) is 13.2 Å². The third-order valence-electron chi connectivity index (χ3n) is 2.70. The molecule has 21 heavy (non-hydrogen) atoms. The lowest BCUT2D eigenvalue weighted by Gasteiger charge is -2.03. The number of aromatic nitrogens is 1. The summed E-state index contributed by atoms with van der Waals surface area (Å²) in [6, 6.07) is 7.46. The molecular formula is C16H16N2O2S. The number of pyridine rings is 1. The number of hydrogen-bond acceptors (Lipinski definition) is 4. The Hall–Kier alpha value is -2.16. The maximum Gasteiger partial charge on any atom is 0.269 e. The van der Waals surface area contributed by atoms with Crippen molar-refractivity contribution in [1.82, 2.24) is 10.3 Å². The molecular weight excluding hydrogens is 284 g/mol. The van der Waals surface area contributed by atoms with E-state index in [0.29, 0.717) is 18.7 Å². The number of carbonyl (C=O) groups is 1. The van der Waals surface area contributed by atoms with E-state index in [-0.39, 0.29) is 12.5 Å². The van der Waals surface area contributed by atoms with Gasteiger partial charge in [-0.1, -0.05) is 17.9 Å². The number of hydrogen-bond donors (Lipinski definition) is 2. The highest BCUT2D eigenvalue weighted by Gasteiger charge is 2.06. The van der Waals surface area contributed by atoms with Crippen LogP contribution in [0.15, 0.2) is 35.8 Å². The lowest BCUT2D eigenvalue weighted by Crippen LogP contribution is -2.26. The molecule has 108 valence electrons. The average molecular weight is 300 g/mol. The number of carbonyl (C=O) groups excluding carboxylic acids is 1. The Balaban J connectivity index is 1.83. The molecule has 0 radical (unpaired) electrons. The van der Waals surface area contributed by atoms with Crippen molar-refractivity contribution in [3.05, 3.63) is 52.0 Å². The summed E-state index contributed by atoms with van der Waals surface area (Å²) in [5.41, 5.74) is 1.12. The summed E-state index contributed by atoms with van der Waals surface area (Å²) < 4.78 is 0. The summed E-state index contributed by atoms with van der Waals surface area (Å²) >= 11 is 1.68. The standard InChI is InChI=1S/C16H16N2O2S/c19-10-2-1-4-13-6-7-15(18-12-13)16(20)17-9-8-14-5-3-11-21-14/h3,5-7,11-12,19H,2,8-10H2,(H,17,20). The summed E-state index contributed by atoms with van der Waals surface area (Å²) in [5, 5.41) is 13.5. The fourth-order valence-corrected chi connectivity index (χ4v) is 2.38. The van der Waals surface area contributed by atoms with Gasteiger partial charge in [0.1, 0.15) is 5.69 Å². The van der Waals surface area contributed by atoms with Crippen LogP contribution in [0.5, 0.6) is 0 Å². The van der Waals surface area contributed by atoms with Gasteiger partial charge in [0.2, 0.25) is 0 Å². The van der Waals surface area contributed by atoms with Crippen molar-refractivity contribution in [3.8, 4) is 11.8 Å². The van der Waals surface area contributed by atoms with E-state index in [2.05, 4.69) is 28.2 Å². The zero-order valence-electron chi connectivity index (χ0n) is 11.5. The molecule has 0 unspecified atom stereocenters. The molecule has 0 spiro atoms. The van der Waals surface area contributed by atoms with Crippen LogP contribution in [-0.2, 0) is 6.42 Å². The zero-order valence-corrected chi connectivity index (χ0v) is 12.3. The minimum absolute atomic E-state index is 0.0468. The molecule has 0 bridgehead atoms. The van der Waals surface area contributed by atoms with Gasteiger partial charge < -0.3 is 10.4 Å². The van der Waals surface area contributed by atoms with Crippen LogP contribution in [0.25, 0.3) is 0 Å². The van der Waals surface area contributed by atoms with E-state index in [4.69, 9.17) is 5.11 Å². The lowest BCUT2D eigenvalue weighted by atomic mass is 10.2. The molecule has 0 saturated heterocycles. The Morgan fingerprint density at radius 1 is 1.38 bits per heavy atom. The average Bonchev–Trinajstić information content (AvgIpc) is 3.01. The molecule has 0 saturated carbocycles. The monoisotopic (exact) mass is 300 g/mol. The van der Waals surface area contributed by atoms with Crippen LogP contribution in [0, 0.1) is 11.8 Å². The van der Waals surface area contributed by atoms with Gasteiger partial charge in [-0.25, -0.2) is 4.98 Å². The quantitative estimate of drug-likeness (QED) is 0.828. The smallest absolute Gasteiger partial charge is 0.269 e. The second-order valence-corrected chi connectivity index (χ2v) is 5.33. The third kappa shape index (κ3) is 5.03. The molecule has 2 aromatic heterocycles. The van der Waals surface area contributed by atoms with Crippen molar-refractivity contribution >= 4 is 17.2 Å². The summed E-state index contributed by atoms with van der Waals surface area (Å²) in [6.45, 7) is 0.643. The summed E-state index contributed by atoms with van der Waals surface area (Å²) in [4.78, 5) is 17.3. The SMILES string of the molecule is O=C(NCCc1cccs1)c1ccc(C#CCCO)cn1. The van der Waals surface area contributed by atoms with Crippen LogP contribution in [0.2, 0.25) is 0 Å². The van der Waals surface area contributed by atoms with E-state index < -0.39 is 0 Å². The van der Waals surface area contributed by atoms with Crippen molar-refractivity contribution in [2.24, 2.45) is 0 Å². The highest BCUT2D eigenvalue weighted by atomic mass is 32.1. The van der Waals surface area contributed by atoms with E-state index in [0.717, 1.165) is 12.0 Å². The molecule has 0 aliphatic rings. The van der Waals surface area contributed by atoms with Gasteiger partial charge >= 0.3 is 0 Å². The van der Waals surface area contributed by atoms with Gasteiger partial charge in [-0.15, -0.1) is 11.3 Å². The first-order valence-electron chi connectivity index (χ1n) is 6.66. The van der Waals surface area contributed by atoms with Crippen molar-refractivity contribution in [1.29, 1.82) is 0 Å². The summed E-state index contributed by atoms with van der Waals surface area (Å²) in [5.74, 6) is 5.50. The van der Waals surface area contributed by atoms with Gasteiger partial charge in [-0.05, 0) is 30.0 Å². The van der Waals surface area contributed by atoms with Crippen LogP contribution in [0.1, 0.15) is 27.3 Å². The Morgan fingerprint density at radius 2 is 2.29 bits per heavy atom. The predicted molar refractivity (Wildman–Crippen MR) is 83.2 cm³/mol. The fraction of sp³-hybridized carbons (Fsp3) is 0.250. The molecule has 1 amide bonds. The van der Waals surface area contributed by atoms with E-state index in [1.807, 2.05) is 11.4 Å². The van der Waals surface area contributed by atoms with Gasteiger partial charge in [-0.3, -0.25) is 4.79 Å². The number of nitrogens with zero attached hydrogens (tertiary/aromatic N) is 1. The minimum Gasteiger partial charge on any atom is -0.395 e. The molecule has 0 aliphatic carbocycles. The maximum absolute atomic E-state index is 11.9. The first kappa shape index (κ1) is 15.2. The Bertz CT molecular complexity index is 625. The number of nitrogens with one attached hydrogen (secondary N) is 1. The molecule has 0 atom stereocenters. The maximum atomic E-state index is 11.9. The largest absolute Gasteiger partial charge is 0.395 e. The zero-order chi connectivity index (χ0) is 14.9. The van der Waals surface area contributed by atoms with Gasteiger partial charge in [0, 0.05) is 29.6 Å². The summed E-state index contributed by atoms with van der Waals surface area (Å²) in [6.07, 6.45) is 2.83. The topological polar surface area (TPSA) is 62.2 Å². The van der Waals surface area contributed by atoms with E-state index >= 15 is 0 Å². The number of aliphatic hydroxyl groups excluding tert-OH is 1.